The van der Waals surface area contributed by atoms with Crippen LogP contribution in [0.2, 0.25) is 0 Å². The molecule has 36 heavy (non-hydrogen) atoms. The van der Waals surface area contributed by atoms with Crippen molar-refractivity contribution in [1.29, 1.82) is 0 Å². The van der Waals surface area contributed by atoms with Crippen molar-refractivity contribution in [2.24, 2.45) is 5.92 Å². The molecule has 0 aliphatic carbocycles. The van der Waals surface area contributed by atoms with Crippen molar-refractivity contribution in [3.63, 3.8) is 0 Å². The summed E-state index contributed by atoms with van der Waals surface area (Å²) in [5.41, 5.74) is 5.32. The summed E-state index contributed by atoms with van der Waals surface area (Å²) < 4.78 is 15.7. The monoisotopic (exact) mass is 482 g/mol. The summed E-state index contributed by atoms with van der Waals surface area (Å²) in [5, 5.41) is 3.44. The lowest BCUT2D eigenvalue weighted by molar-refractivity contribution is 0.188. The zero-order valence-electron chi connectivity index (χ0n) is 20.3. The molecule has 0 radical (unpaired) electrons. The molecule has 0 amide bonds. The van der Waals surface area contributed by atoms with Crippen LogP contribution in [0.3, 0.4) is 0 Å². The first-order chi connectivity index (χ1) is 17.7. The van der Waals surface area contributed by atoms with Crippen LogP contribution in [0.15, 0.2) is 72.8 Å². The topological polar surface area (TPSA) is 61.8 Å². The van der Waals surface area contributed by atoms with Gasteiger partial charge in [-0.2, -0.15) is 0 Å². The molecule has 2 aromatic heterocycles. The lowest BCUT2D eigenvalue weighted by Crippen LogP contribution is -2.37. The van der Waals surface area contributed by atoms with Gasteiger partial charge in [-0.25, -0.2) is 14.4 Å². The number of benzene rings is 3. The van der Waals surface area contributed by atoms with Crippen LogP contribution in [0.4, 0.5) is 10.3 Å². The van der Waals surface area contributed by atoms with E-state index in [0.717, 1.165) is 72.0 Å². The zero-order valence-corrected chi connectivity index (χ0v) is 20.3. The number of nitrogens with one attached hydrogen (secondary N) is 2. The highest BCUT2D eigenvalue weighted by molar-refractivity contribution is 5.77. The zero-order chi connectivity index (χ0) is 24.3. The number of hydrogen-bond donors (Lipinski definition) is 2. The van der Waals surface area contributed by atoms with Crippen LogP contribution in [-0.4, -0.2) is 50.6 Å². The van der Waals surface area contributed by atoms with Crippen LogP contribution < -0.4 is 5.32 Å². The highest BCUT2D eigenvalue weighted by atomic mass is 19.1. The molecule has 0 atom stereocenters. The van der Waals surface area contributed by atoms with Crippen molar-refractivity contribution in [3.8, 4) is 0 Å². The van der Waals surface area contributed by atoms with Crippen molar-refractivity contribution < 1.29 is 4.39 Å². The number of H-pyrrole nitrogens is 1. The number of aromatic amines is 1. The Bertz CT molecular complexity index is 1410. The molecular formula is C29H31FN6. The third kappa shape index (κ3) is 4.97. The van der Waals surface area contributed by atoms with Gasteiger partial charge in [-0.15, -0.1) is 0 Å². The molecule has 1 aliphatic rings. The summed E-state index contributed by atoms with van der Waals surface area (Å²) in [6.45, 7) is 4.79. The predicted octanol–water partition coefficient (Wildman–Crippen LogP) is 5.47. The van der Waals surface area contributed by atoms with Gasteiger partial charge < -0.3 is 19.8 Å². The standard InChI is InChI=1S/C29H31FN6/c30-23-11-9-22(10-12-23)20-36-27-8-4-3-7-26(27)32-28(36)19-21-13-16-35(17-14-21)18-15-31-29-33-24-5-1-2-6-25(24)34-29/h1-12,21H,13-20H2,(H2,31,33,34). The van der Waals surface area contributed by atoms with Crippen LogP contribution in [0.5, 0.6) is 0 Å². The van der Waals surface area contributed by atoms with Gasteiger partial charge in [0.25, 0.3) is 0 Å². The van der Waals surface area contributed by atoms with Crippen LogP contribution in [0, 0.1) is 11.7 Å². The number of nitrogens with zero attached hydrogens (tertiary/aromatic N) is 4. The van der Waals surface area contributed by atoms with Crippen molar-refractivity contribution in [2.45, 2.75) is 25.8 Å². The fourth-order valence-electron chi connectivity index (χ4n) is 5.27. The third-order valence-electron chi connectivity index (χ3n) is 7.28. The lowest BCUT2D eigenvalue weighted by atomic mass is 9.93. The Balaban J connectivity index is 1.05. The molecule has 0 spiro atoms. The third-order valence-corrected chi connectivity index (χ3v) is 7.28. The number of fused-ring (bicyclic) bond motifs is 2. The molecule has 0 bridgehead atoms. The minimum absolute atomic E-state index is 0.200. The average molecular weight is 483 g/mol. The van der Waals surface area contributed by atoms with E-state index >= 15 is 0 Å². The largest absolute Gasteiger partial charge is 0.355 e. The minimum Gasteiger partial charge on any atom is -0.355 e. The molecule has 3 heterocycles. The van der Waals surface area contributed by atoms with E-state index in [-0.39, 0.29) is 5.82 Å². The maximum Gasteiger partial charge on any atom is 0.201 e. The van der Waals surface area contributed by atoms with E-state index in [9.17, 15) is 4.39 Å². The van der Waals surface area contributed by atoms with E-state index in [4.69, 9.17) is 4.98 Å². The van der Waals surface area contributed by atoms with Crippen LogP contribution in [0.25, 0.3) is 22.1 Å². The number of piperidine rings is 1. The number of aromatic nitrogens is 4. The Kier molecular flexibility index (Phi) is 6.38. The molecule has 6 rings (SSSR count). The molecule has 1 saturated heterocycles. The van der Waals surface area contributed by atoms with Crippen LogP contribution >= 0.6 is 0 Å². The Labute approximate surface area is 210 Å². The second kappa shape index (κ2) is 10.1. The number of anilines is 1. The Hall–Kier alpha value is -3.71. The first kappa shape index (κ1) is 22.7. The van der Waals surface area contributed by atoms with E-state index in [1.807, 2.05) is 42.5 Å². The number of halogens is 1. The molecule has 1 aliphatic heterocycles. The Morgan fingerprint density at radius 3 is 2.44 bits per heavy atom. The highest BCUT2D eigenvalue weighted by Crippen LogP contribution is 2.25. The Morgan fingerprint density at radius 2 is 1.64 bits per heavy atom. The Morgan fingerprint density at radius 1 is 0.889 bits per heavy atom. The molecule has 7 heteroatoms. The van der Waals surface area contributed by atoms with E-state index < -0.39 is 0 Å². The van der Waals surface area contributed by atoms with Crippen LogP contribution in [-0.2, 0) is 13.0 Å². The summed E-state index contributed by atoms with van der Waals surface area (Å²) in [7, 11) is 0. The van der Waals surface area contributed by atoms with Gasteiger partial charge in [0.1, 0.15) is 11.6 Å². The molecule has 1 fully saturated rings. The summed E-state index contributed by atoms with van der Waals surface area (Å²) in [6, 6.07) is 23.2. The van der Waals surface area contributed by atoms with Gasteiger partial charge in [-0.05, 0) is 73.8 Å². The molecule has 0 saturated carbocycles. The van der Waals surface area contributed by atoms with Gasteiger partial charge in [0.15, 0.2) is 0 Å². The van der Waals surface area contributed by atoms with Crippen molar-refractivity contribution in [3.05, 3.63) is 90.0 Å². The maximum atomic E-state index is 13.4. The van der Waals surface area contributed by atoms with E-state index in [0.29, 0.717) is 12.5 Å². The molecule has 184 valence electrons. The first-order valence-electron chi connectivity index (χ1n) is 12.8. The van der Waals surface area contributed by atoms with Gasteiger partial charge in [0.05, 0.1) is 22.1 Å². The molecule has 0 unspecified atom stereocenters. The quantitative estimate of drug-likeness (QED) is 0.308. The molecule has 5 aromatic rings. The smallest absolute Gasteiger partial charge is 0.201 e. The molecule has 3 aromatic carbocycles. The fraction of sp³-hybridized carbons (Fsp3) is 0.310. The van der Waals surface area contributed by atoms with Gasteiger partial charge in [0.2, 0.25) is 5.95 Å². The van der Waals surface area contributed by atoms with Gasteiger partial charge in [-0.1, -0.05) is 36.4 Å². The summed E-state index contributed by atoms with van der Waals surface area (Å²) >= 11 is 0. The molecular weight excluding hydrogens is 451 g/mol. The van der Waals surface area contributed by atoms with Crippen LogP contribution in [0.1, 0.15) is 24.2 Å². The van der Waals surface area contributed by atoms with Crippen molar-refractivity contribution >= 4 is 28.0 Å². The number of likely N-dealkylation sites (tertiary alicyclic amines) is 1. The van der Waals surface area contributed by atoms with Crippen molar-refractivity contribution in [1.82, 2.24) is 24.4 Å². The van der Waals surface area contributed by atoms with E-state index in [2.05, 4.69) is 43.0 Å². The van der Waals surface area contributed by atoms with Crippen molar-refractivity contribution in [2.75, 3.05) is 31.5 Å². The predicted molar refractivity (Wildman–Crippen MR) is 143 cm³/mol. The number of imidazole rings is 2. The normalized spacial score (nSPS) is 15.1. The van der Waals surface area contributed by atoms with Gasteiger partial charge in [0, 0.05) is 26.1 Å². The summed E-state index contributed by atoms with van der Waals surface area (Å²) in [5.74, 6) is 2.39. The summed E-state index contributed by atoms with van der Waals surface area (Å²) in [4.78, 5) is 15.5. The van der Waals surface area contributed by atoms with Gasteiger partial charge >= 0.3 is 0 Å². The number of hydrogen-bond acceptors (Lipinski definition) is 4. The second-order valence-corrected chi connectivity index (χ2v) is 9.75. The van der Waals surface area contributed by atoms with Gasteiger partial charge in [-0.3, -0.25) is 0 Å². The second-order valence-electron chi connectivity index (χ2n) is 9.75. The lowest BCUT2D eigenvalue weighted by Gasteiger charge is -2.31. The molecule has 6 nitrogen and oxygen atoms in total. The SMILES string of the molecule is Fc1ccc(Cn2c(CC3CCN(CCNc4nc5ccccc5[nH]4)CC3)nc3ccccc32)cc1. The molecule has 2 N–H and O–H groups in total. The maximum absolute atomic E-state index is 13.4. The van der Waals surface area contributed by atoms with E-state index in [1.54, 1.807) is 0 Å². The first-order valence-corrected chi connectivity index (χ1v) is 12.8. The fourth-order valence-corrected chi connectivity index (χ4v) is 5.27. The highest BCUT2D eigenvalue weighted by Gasteiger charge is 2.22. The van der Waals surface area contributed by atoms with E-state index in [1.165, 1.54) is 25.0 Å². The average Bonchev–Trinajstić information content (AvgIpc) is 3.47. The number of rotatable bonds is 8. The number of para-hydroxylation sites is 4. The summed E-state index contributed by atoms with van der Waals surface area (Å²) in [6.07, 6.45) is 3.32. The minimum atomic E-state index is -0.200.